The Morgan fingerprint density at radius 2 is 1.82 bits per heavy atom. The summed E-state index contributed by atoms with van der Waals surface area (Å²) in [6.07, 6.45) is 0. The van der Waals surface area contributed by atoms with Crippen LogP contribution >= 0.6 is 11.6 Å². The largest absolute Gasteiger partial charge is 0.503 e. The summed E-state index contributed by atoms with van der Waals surface area (Å²) in [7, 11) is 0. The highest BCUT2D eigenvalue weighted by Gasteiger charge is 2.45. The van der Waals surface area contributed by atoms with E-state index in [1.165, 1.54) is 4.90 Å². The van der Waals surface area contributed by atoms with Gasteiger partial charge in [-0.05, 0) is 63.6 Å². The van der Waals surface area contributed by atoms with Crippen LogP contribution in [0.15, 0.2) is 88.5 Å². The molecule has 0 spiro atoms. The van der Waals surface area contributed by atoms with Crippen LogP contribution in [-0.2, 0) is 11.3 Å². The smallest absolute Gasteiger partial charge is 0.290 e. The topological polar surface area (TPSA) is 80.0 Å². The van der Waals surface area contributed by atoms with Crippen LogP contribution in [0.4, 0.5) is 0 Å². The fourth-order valence-electron chi connectivity index (χ4n) is 4.74. The molecular weight excluding hydrogens is 502 g/mol. The number of aliphatic hydroxyl groups is 1. The van der Waals surface area contributed by atoms with E-state index in [1.54, 1.807) is 24.3 Å². The number of aliphatic hydroxyl groups excluding tert-OH is 1. The number of benzene rings is 3. The number of para-hydroxylation sites is 1. The second-order valence-corrected chi connectivity index (χ2v) is 10.9. The molecule has 1 aromatic heterocycles. The number of halogens is 1. The summed E-state index contributed by atoms with van der Waals surface area (Å²) in [5, 5.41) is 12.3. The highest BCUT2D eigenvalue weighted by molar-refractivity contribution is 6.31. The predicted molar refractivity (Wildman–Crippen MR) is 147 cm³/mol. The molecule has 0 saturated carbocycles. The molecule has 1 N–H and O–H groups in total. The van der Waals surface area contributed by atoms with Crippen LogP contribution in [0.5, 0.6) is 5.75 Å². The average Bonchev–Trinajstić information content (AvgIpc) is 3.38. The minimum absolute atomic E-state index is 0.0209. The second-order valence-electron chi connectivity index (χ2n) is 10.5. The molecule has 1 unspecified atom stereocenters. The van der Waals surface area contributed by atoms with Crippen molar-refractivity contribution >= 4 is 34.3 Å². The van der Waals surface area contributed by atoms with Gasteiger partial charge in [-0.1, -0.05) is 59.6 Å². The Hall–Kier alpha value is -4.03. The van der Waals surface area contributed by atoms with Gasteiger partial charge in [-0.15, -0.1) is 0 Å². The van der Waals surface area contributed by atoms with E-state index >= 15 is 0 Å². The van der Waals surface area contributed by atoms with E-state index in [0.717, 1.165) is 11.1 Å². The molecule has 7 heteroatoms. The van der Waals surface area contributed by atoms with E-state index in [-0.39, 0.29) is 17.9 Å². The number of nitrogens with zero attached hydrogens (tertiary/aromatic N) is 1. The van der Waals surface area contributed by atoms with Gasteiger partial charge in [0.25, 0.3) is 5.91 Å². The van der Waals surface area contributed by atoms with Crippen molar-refractivity contribution in [3.05, 3.63) is 112 Å². The van der Waals surface area contributed by atoms with Crippen LogP contribution in [0.1, 0.15) is 54.1 Å². The van der Waals surface area contributed by atoms with E-state index in [4.69, 9.17) is 20.8 Å². The molecule has 2 heterocycles. The van der Waals surface area contributed by atoms with Crippen LogP contribution in [0.25, 0.3) is 11.0 Å². The Morgan fingerprint density at radius 1 is 1.05 bits per heavy atom. The first kappa shape index (κ1) is 25.6. The summed E-state index contributed by atoms with van der Waals surface area (Å²) >= 11 is 6.11. The van der Waals surface area contributed by atoms with Crippen molar-refractivity contribution < 1.29 is 23.8 Å². The number of Topliss-reactive ketones (excluding diaryl/α,β-unsaturated/α-hetero) is 1. The maximum absolute atomic E-state index is 13.8. The van der Waals surface area contributed by atoms with E-state index in [2.05, 4.69) is 0 Å². The fourth-order valence-corrected chi connectivity index (χ4v) is 4.92. The van der Waals surface area contributed by atoms with Gasteiger partial charge in [0, 0.05) is 16.0 Å². The highest BCUT2D eigenvalue weighted by atomic mass is 35.5. The number of fused-ring (bicyclic) bond motifs is 1. The molecule has 3 aromatic carbocycles. The Labute approximate surface area is 226 Å². The minimum atomic E-state index is -0.825. The average molecular weight is 530 g/mol. The zero-order valence-corrected chi connectivity index (χ0v) is 22.4. The Bertz CT molecular complexity index is 1590. The van der Waals surface area contributed by atoms with Crippen LogP contribution in [-0.4, -0.2) is 27.3 Å². The molecule has 1 aliphatic rings. The standard InChI is InChI=1S/C31H28ClNO5/c1-18-8-7-10-19(14-18)27-26(28(34)25-16-21-15-22(32)12-13-23(21)37-25)29(35)30(36)33(27)17-20-9-5-6-11-24(20)38-31(2,3)4/h5-16,27,35H,17H2,1-4H3. The van der Waals surface area contributed by atoms with Gasteiger partial charge < -0.3 is 19.2 Å². The molecule has 0 aliphatic carbocycles. The van der Waals surface area contributed by atoms with Crippen LogP contribution in [0, 0.1) is 6.92 Å². The summed E-state index contributed by atoms with van der Waals surface area (Å²) in [5.41, 5.74) is 2.43. The number of carbonyl (C=O) groups excluding carboxylic acids is 2. The zero-order chi connectivity index (χ0) is 27.2. The fraction of sp³-hybridized carbons (Fsp3) is 0.226. The first-order valence-corrected chi connectivity index (χ1v) is 12.7. The normalized spacial score (nSPS) is 16.0. The lowest BCUT2D eigenvalue weighted by Gasteiger charge is -2.29. The number of hydrogen-bond acceptors (Lipinski definition) is 5. The molecule has 194 valence electrons. The number of amides is 1. The Balaban J connectivity index is 1.59. The second kappa shape index (κ2) is 9.69. The summed E-state index contributed by atoms with van der Waals surface area (Å²) in [5.74, 6) is -1.13. The van der Waals surface area contributed by atoms with Gasteiger partial charge in [0.1, 0.15) is 16.9 Å². The van der Waals surface area contributed by atoms with Gasteiger partial charge in [0.05, 0.1) is 18.2 Å². The lowest BCUT2D eigenvalue weighted by Crippen LogP contribution is -2.31. The molecular formula is C31H28ClNO5. The minimum Gasteiger partial charge on any atom is -0.503 e. The van der Waals surface area contributed by atoms with Crippen molar-refractivity contribution in [2.75, 3.05) is 0 Å². The van der Waals surface area contributed by atoms with E-state index < -0.39 is 29.1 Å². The number of aryl methyl sites for hydroxylation is 1. The molecule has 5 rings (SSSR count). The molecule has 4 aromatic rings. The molecule has 0 saturated heterocycles. The van der Waals surface area contributed by atoms with Crippen molar-refractivity contribution in [3.63, 3.8) is 0 Å². The van der Waals surface area contributed by atoms with Crippen molar-refractivity contribution in [2.45, 2.75) is 45.9 Å². The molecule has 6 nitrogen and oxygen atoms in total. The van der Waals surface area contributed by atoms with E-state index in [1.807, 2.05) is 76.2 Å². The summed E-state index contributed by atoms with van der Waals surface area (Å²) in [4.78, 5) is 28.8. The van der Waals surface area contributed by atoms with Gasteiger partial charge in [-0.2, -0.15) is 0 Å². The molecule has 1 amide bonds. The van der Waals surface area contributed by atoms with Gasteiger partial charge in [-0.3, -0.25) is 9.59 Å². The maximum Gasteiger partial charge on any atom is 0.290 e. The van der Waals surface area contributed by atoms with Gasteiger partial charge in [0.15, 0.2) is 11.5 Å². The van der Waals surface area contributed by atoms with Crippen molar-refractivity contribution in [3.8, 4) is 5.75 Å². The van der Waals surface area contributed by atoms with E-state index in [9.17, 15) is 14.7 Å². The number of rotatable bonds is 6. The summed E-state index contributed by atoms with van der Waals surface area (Å²) in [6.45, 7) is 7.91. The van der Waals surface area contributed by atoms with Gasteiger partial charge in [-0.25, -0.2) is 0 Å². The number of carbonyl (C=O) groups is 2. The summed E-state index contributed by atoms with van der Waals surface area (Å²) in [6, 6.07) is 20.8. The monoisotopic (exact) mass is 529 g/mol. The first-order chi connectivity index (χ1) is 18.0. The highest BCUT2D eigenvalue weighted by Crippen LogP contribution is 2.41. The SMILES string of the molecule is Cc1cccc(C2C(C(=O)c3cc4cc(Cl)ccc4o3)=C(O)C(=O)N2Cc2ccccc2OC(C)(C)C)c1. The third-order valence-corrected chi connectivity index (χ3v) is 6.57. The Kier molecular flexibility index (Phi) is 6.53. The van der Waals surface area contributed by atoms with Gasteiger partial charge in [0.2, 0.25) is 5.78 Å². The third kappa shape index (κ3) is 4.92. The van der Waals surface area contributed by atoms with Crippen LogP contribution < -0.4 is 4.74 Å². The maximum atomic E-state index is 13.8. The van der Waals surface area contributed by atoms with Crippen LogP contribution in [0.3, 0.4) is 0 Å². The molecule has 1 aliphatic heterocycles. The molecule has 1 atom stereocenters. The van der Waals surface area contributed by atoms with Crippen molar-refractivity contribution in [1.82, 2.24) is 4.90 Å². The molecule has 0 fully saturated rings. The first-order valence-electron chi connectivity index (χ1n) is 12.3. The lowest BCUT2D eigenvalue weighted by molar-refractivity contribution is -0.130. The zero-order valence-electron chi connectivity index (χ0n) is 21.6. The van der Waals surface area contributed by atoms with Gasteiger partial charge >= 0.3 is 0 Å². The number of hydrogen-bond donors (Lipinski definition) is 1. The lowest BCUT2D eigenvalue weighted by atomic mass is 9.94. The van der Waals surface area contributed by atoms with Crippen LogP contribution in [0.2, 0.25) is 5.02 Å². The number of ether oxygens (including phenoxy) is 1. The molecule has 0 radical (unpaired) electrons. The van der Waals surface area contributed by atoms with E-state index in [0.29, 0.717) is 27.3 Å². The predicted octanol–water partition coefficient (Wildman–Crippen LogP) is 7.35. The molecule has 38 heavy (non-hydrogen) atoms. The number of ketones is 1. The van der Waals surface area contributed by atoms with Crippen molar-refractivity contribution in [2.24, 2.45) is 0 Å². The Morgan fingerprint density at radius 3 is 2.55 bits per heavy atom. The quantitative estimate of drug-likeness (QED) is 0.264. The third-order valence-electron chi connectivity index (χ3n) is 6.34. The molecule has 0 bridgehead atoms. The number of furan rings is 1. The van der Waals surface area contributed by atoms with Crippen molar-refractivity contribution in [1.29, 1.82) is 0 Å². The summed E-state index contributed by atoms with van der Waals surface area (Å²) < 4.78 is 12.0.